The number of H-pyrrole nitrogens is 2. The molecule has 35 heavy (non-hydrogen) atoms. The van der Waals surface area contributed by atoms with E-state index in [9.17, 15) is 18.0 Å². The molecule has 0 bridgehead atoms. The first-order chi connectivity index (χ1) is 16.8. The number of carbonyl (C=O) groups is 1. The van der Waals surface area contributed by atoms with Gasteiger partial charge in [0.25, 0.3) is 15.9 Å². The third-order valence-corrected chi connectivity index (χ3v) is 6.95. The van der Waals surface area contributed by atoms with Crippen LogP contribution in [0.3, 0.4) is 0 Å². The van der Waals surface area contributed by atoms with Gasteiger partial charge in [0.2, 0.25) is 0 Å². The second-order valence-corrected chi connectivity index (χ2v) is 9.84. The molecule has 10 nitrogen and oxygen atoms in total. The largest absolute Gasteiger partial charge is 0.486 e. The Morgan fingerprint density at radius 1 is 1.03 bits per heavy atom. The van der Waals surface area contributed by atoms with Crippen LogP contribution in [0.5, 0.6) is 11.5 Å². The van der Waals surface area contributed by atoms with Crippen LogP contribution in [-0.4, -0.2) is 55.5 Å². The predicted molar refractivity (Wildman–Crippen MR) is 129 cm³/mol. The number of aromatic amines is 2. The number of likely N-dealkylation sites (N-methyl/N-ethyl adjacent to an activating group) is 1. The van der Waals surface area contributed by atoms with Crippen molar-refractivity contribution in [3.8, 4) is 11.5 Å². The number of anilines is 1. The number of benzene rings is 3. The van der Waals surface area contributed by atoms with Crippen molar-refractivity contribution in [3.63, 3.8) is 0 Å². The number of hydrogen-bond donors (Lipinski definition) is 3. The van der Waals surface area contributed by atoms with Crippen molar-refractivity contribution in [2.75, 3.05) is 24.9 Å². The molecular formula is C24H22N4O6S. The molecule has 0 fully saturated rings. The van der Waals surface area contributed by atoms with Crippen LogP contribution >= 0.6 is 0 Å². The summed E-state index contributed by atoms with van der Waals surface area (Å²) in [5, 5.41) is 0. The van der Waals surface area contributed by atoms with Crippen LogP contribution in [0.1, 0.15) is 10.4 Å². The molecule has 1 aliphatic rings. The van der Waals surface area contributed by atoms with Crippen LogP contribution < -0.4 is 19.9 Å². The van der Waals surface area contributed by atoms with E-state index in [0.717, 1.165) is 0 Å². The fraction of sp³-hybridized carbons (Fsp3) is 0.167. The van der Waals surface area contributed by atoms with Gasteiger partial charge in [0.1, 0.15) is 6.61 Å². The quantitative estimate of drug-likeness (QED) is 0.377. The summed E-state index contributed by atoms with van der Waals surface area (Å²) in [6.07, 6.45) is -0.308. The average Bonchev–Trinajstić information content (AvgIpc) is 3.23. The molecule has 0 unspecified atom stereocenters. The van der Waals surface area contributed by atoms with Gasteiger partial charge in [-0.25, -0.2) is 13.2 Å². The van der Waals surface area contributed by atoms with Gasteiger partial charge in [-0.1, -0.05) is 12.1 Å². The fourth-order valence-electron chi connectivity index (χ4n) is 3.84. The molecule has 2 heterocycles. The Balaban J connectivity index is 1.24. The number of nitrogens with zero attached hydrogens (tertiary/aromatic N) is 1. The van der Waals surface area contributed by atoms with Crippen molar-refractivity contribution in [2.45, 2.75) is 11.0 Å². The second-order valence-electron chi connectivity index (χ2n) is 8.15. The molecule has 3 aromatic carbocycles. The molecule has 4 aromatic rings. The Bertz CT molecular complexity index is 1560. The minimum absolute atomic E-state index is 0.00332. The number of para-hydroxylation sites is 2. The van der Waals surface area contributed by atoms with Gasteiger partial charge in [-0.2, -0.15) is 0 Å². The number of fused-ring (bicyclic) bond motifs is 2. The summed E-state index contributed by atoms with van der Waals surface area (Å²) in [6, 6.07) is 17.8. The lowest BCUT2D eigenvalue weighted by Gasteiger charge is -2.29. The van der Waals surface area contributed by atoms with E-state index < -0.39 is 15.7 Å². The molecule has 1 amide bonds. The fourth-order valence-corrected chi connectivity index (χ4v) is 4.92. The number of amides is 1. The first kappa shape index (κ1) is 22.5. The van der Waals surface area contributed by atoms with Gasteiger partial charge < -0.3 is 24.3 Å². The van der Waals surface area contributed by atoms with Crippen LogP contribution in [0.15, 0.2) is 76.4 Å². The molecule has 1 aliphatic heterocycles. The molecule has 0 saturated carbocycles. The molecule has 0 saturated heterocycles. The highest BCUT2D eigenvalue weighted by molar-refractivity contribution is 7.92. The van der Waals surface area contributed by atoms with Gasteiger partial charge in [-0.15, -0.1) is 0 Å². The van der Waals surface area contributed by atoms with Crippen LogP contribution in [-0.2, 0) is 10.0 Å². The van der Waals surface area contributed by atoms with Gasteiger partial charge >= 0.3 is 5.69 Å². The number of hydrogen-bond acceptors (Lipinski definition) is 6. The van der Waals surface area contributed by atoms with E-state index in [-0.39, 0.29) is 16.9 Å². The van der Waals surface area contributed by atoms with Gasteiger partial charge in [-0.05, 0) is 54.6 Å². The SMILES string of the molecule is CN(C[C@@H]1COc2ccccc2O1)C(=O)c1ccc(NS(=O)(=O)c2ccc3[nH]c(=O)[nH]c3c2)cc1. The molecule has 3 N–H and O–H groups in total. The third-order valence-electron chi connectivity index (χ3n) is 5.57. The number of sulfonamides is 1. The maximum atomic E-state index is 12.9. The van der Waals surface area contributed by atoms with Gasteiger partial charge in [0.15, 0.2) is 17.6 Å². The zero-order valence-electron chi connectivity index (χ0n) is 18.6. The van der Waals surface area contributed by atoms with Crippen molar-refractivity contribution in [3.05, 3.63) is 82.8 Å². The minimum Gasteiger partial charge on any atom is -0.486 e. The third kappa shape index (κ3) is 4.71. The summed E-state index contributed by atoms with van der Waals surface area (Å²) >= 11 is 0. The van der Waals surface area contributed by atoms with Crippen molar-refractivity contribution in [1.82, 2.24) is 14.9 Å². The minimum atomic E-state index is -3.90. The first-order valence-electron chi connectivity index (χ1n) is 10.8. The first-order valence-corrected chi connectivity index (χ1v) is 12.3. The van der Waals surface area contributed by atoms with Crippen LogP contribution in [0.4, 0.5) is 5.69 Å². The number of carbonyl (C=O) groups excluding carboxylic acids is 1. The number of aromatic nitrogens is 2. The van der Waals surface area contributed by atoms with Crippen molar-refractivity contribution < 1.29 is 22.7 Å². The lowest BCUT2D eigenvalue weighted by Crippen LogP contribution is -2.41. The summed E-state index contributed by atoms with van der Waals surface area (Å²) in [5.74, 6) is 1.09. The standard InChI is InChI=1S/C24H22N4O6S/c1-28(13-17-14-33-21-4-2-3-5-22(21)34-17)23(29)15-6-8-16(9-7-15)27-35(31,32)18-10-11-19-20(12-18)26-24(30)25-19/h2-12,17,27H,13-14H2,1H3,(H2,25,26,30)/t17-/m1/s1. The molecule has 0 radical (unpaired) electrons. The molecule has 180 valence electrons. The van der Waals surface area contributed by atoms with Crippen LogP contribution in [0, 0.1) is 0 Å². The van der Waals surface area contributed by atoms with E-state index in [2.05, 4.69) is 14.7 Å². The summed E-state index contributed by atoms with van der Waals surface area (Å²) < 4.78 is 39.6. The van der Waals surface area contributed by atoms with Crippen LogP contribution in [0.2, 0.25) is 0 Å². The zero-order valence-corrected chi connectivity index (χ0v) is 19.5. The van der Waals surface area contributed by atoms with E-state index in [1.807, 2.05) is 24.3 Å². The summed E-state index contributed by atoms with van der Waals surface area (Å²) in [4.78, 5) is 30.9. The molecule has 11 heteroatoms. The van der Waals surface area contributed by atoms with Crippen molar-refractivity contribution in [1.29, 1.82) is 0 Å². The van der Waals surface area contributed by atoms with Gasteiger partial charge in [0, 0.05) is 18.3 Å². The Morgan fingerprint density at radius 2 is 1.74 bits per heavy atom. The lowest BCUT2D eigenvalue weighted by atomic mass is 10.2. The topological polar surface area (TPSA) is 134 Å². The van der Waals surface area contributed by atoms with E-state index in [1.165, 1.54) is 35.2 Å². The predicted octanol–water partition coefficient (Wildman–Crippen LogP) is 2.57. The summed E-state index contributed by atoms with van der Waals surface area (Å²) in [6.45, 7) is 0.656. The monoisotopic (exact) mass is 494 g/mol. The smallest absolute Gasteiger partial charge is 0.323 e. The highest BCUT2D eigenvalue weighted by atomic mass is 32.2. The summed E-state index contributed by atoms with van der Waals surface area (Å²) in [7, 11) is -2.23. The Morgan fingerprint density at radius 3 is 2.51 bits per heavy atom. The maximum absolute atomic E-state index is 12.9. The number of ether oxygens (including phenoxy) is 2. The van der Waals surface area contributed by atoms with E-state index in [0.29, 0.717) is 46.9 Å². The number of nitrogens with one attached hydrogen (secondary N) is 3. The Kier molecular flexibility index (Phi) is 5.69. The molecule has 1 aromatic heterocycles. The number of rotatable bonds is 6. The highest BCUT2D eigenvalue weighted by Crippen LogP contribution is 2.31. The highest BCUT2D eigenvalue weighted by Gasteiger charge is 2.24. The Hall–Kier alpha value is -4.25. The normalized spacial score (nSPS) is 15.1. The molecular weight excluding hydrogens is 472 g/mol. The second kappa shape index (κ2) is 8.84. The van der Waals surface area contributed by atoms with Gasteiger partial charge in [-0.3, -0.25) is 9.52 Å². The summed E-state index contributed by atoms with van der Waals surface area (Å²) in [5.41, 5.74) is 1.18. The average molecular weight is 495 g/mol. The molecule has 1 atom stereocenters. The Labute approximate surface area is 200 Å². The maximum Gasteiger partial charge on any atom is 0.323 e. The van der Waals surface area contributed by atoms with E-state index in [1.54, 1.807) is 19.2 Å². The van der Waals surface area contributed by atoms with E-state index in [4.69, 9.17) is 9.47 Å². The van der Waals surface area contributed by atoms with Crippen molar-refractivity contribution >= 4 is 32.7 Å². The zero-order chi connectivity index (χ0) is 24.6. The molecule has 5 rings (SSSR count). The van der Waals surface area contributed by atoms with Gasteiger partial charge in [0.05, 0.1) is 22.5 Å². The van der Waals surface area contributed by atoms with Crippen LogP contribution in [0.25, 0.3) is 11.0 Å². The molecule has 0 aliphatic carbocycles. The number of imidazole rings is 1. The molecule has 0 spiro atoms. The lowest BCUT2D eigenvalue weighted by molar-refractivity contribution is 0.0521. The van der Waals surface area contributed by atoms with E-state index >= 15 is 0 Å². The van der Waals surface area contributed by atoms with Crippen molar-refractivity contribution in [2.24, 2.45) is 0 Å².